The minimum absolute atomic E-state index is 0.0626. The predicted molar refractivity (Wildman–Crippen MR) is 82.0 cm³/mol. The summed E-state index contributed by atoms with van der Waals surface area (Å²) in [5.74, 6) is 0.00171. The lowest BCUT2D eigenvalue weighted by Crippen LogP contribution is -2.33. The number of para-hydroxylation sites is 1. The summed E-state index contributed by atoms with van der Waals surface area (Å²) in [5, 5.41) is 0. The molecule has 0 saturated heterocycles. The van der Waals surface area contributed by atoms with E-state index in [2.05, 4.69) is 4.90 Å². The van der Waals surface area contributed by atoms with Crippen molar-refractivity contribution >= 4 is 5.69 Å². The van der Waals surface area contributed by atoms with E-state index in [1.807, 2.05) is 30.3 Å². The third-order valence-electron chi connectivity index (χ3n) is 4.01. The Balaban J connectivity index is 1.91. The van der Waals surface area contributed by atoms with Crippen LogP contribution in [-0.2, 0) is 6.54 Å². The topological polar surface area (TPSA) is 38.5 Å². The number of nitrogens with zero attached hydrogens (tertiary/aromatic N) is 1. The highest BCUT2D eigenvalue weighted by Gasteiger charge is 2.23. The first-order valence-electron chi connectivity index (χ1n) is 7.11. The molecule has 0 aliphatic carbocycles. The van der Waals surface area contributed by atoms with Gasteiger partial charge < -0.3 is 15.4 Å². The molecule has 0 aromatic heterocycles. The van der Waals surface area contributed by atoms with Gasteiger partial charge in [0.05, 0.1) is 7.11 Å². The Labute approximate surface area is 124 Å². The van der Waals surface area contributed by atoms with E-state index in [1.165, 1.54) is 7.11 Å². The second-order valence-corrected chi connectivity index (χ2v) is 5.31. The molecule has 0 spiro atoms. The predicted octanol–water partition coefficient (Wildman–Crippen LogP) is 3.24. The second-order valence-electron chi connectivity index (χ2n) is 5.31. The summed E-state index contributed by atoms with van der Waals surface area (Å²) in [4.78, 5) is 2.18. The molecule has 4 heteroatoms. The Morgan fingerprint density at radius 2 is 2.05 bits per heavy atom. The molecule has 0 saturated carbocycles. The van der Waals surface area contributed by atoms with Crippen LogP contribution in [0.1, 0.15) is 23.6 Å². The number of halogens is 1. The first kappa shape index (κ1) is 13.9. The maximum Gasteiger partial charge on any atom is 0.170 e. The SMILES string of the molecule is COc1cccc(CN2CCC(N)c3ccccc32)c1F. The van der Waals surface area contributed by atoms with Gasteiger partial charge in [0.1, 0.15) is 0 Å². The van der Waals surface area contributed by atoms with Crippen LogP contribution in [0.25, 0.3) is 0 Å². The van der Waals surface area contributed by atoms with Gasteiger partial charge in [-0.2, -0.15) is 0 Å². The number of hydrogen-bond acceptors (Lipinski definition) is 3. The lowest BCUT2D eigenvalue weighted by Gasteiger charge is -2.34. The maximum absolute atomic E-state index is 14.3. The highest BCUT2D eigenvalue weighted by atomic mass is 19.1. The highest BCUT2D eigenvalue weighted by molar-refractivity contribution is 5.57. The van der Waals surface area contributed by atoms with E-state index in [0.717, 1.165) is 24.2 Å². The molecule has 0 amide bonds. The number of benzene rings is 2. The average Bonchev–Trinajstić information content (AvgIpc) is 2.52. The fourth-order valence-corrected chi connectivity index (χ4v) is 2.87. The van der Waals surface area contributed by atoms with Crippen molar-refractivity contribution in [2.45, 2.75) is 19.0 Å². The number of fused-ring (bicyclic) bond motifs is 1. The zero-order valence-electron chi connectivity index (χ0n) is 12.1. The van der Waals surface area contributed by atoms with Crippen LogP contribution in [0.5, 0.6) is 5.75 Å². The van der Waals surface area contributed by atoms with Gasteiger partial charge in [0.2, 0.25) is 0 Å². The quantitative estimate of drug-likeness (QED) is 0.941. The van der Waals surface area contributed by atoms with Crippen molar-refractivity contribution in [3.63, 3.8) is 0 Å². The van der Waals surface area contributed by atoms with Crippen LogP contribution in [0.2, 0.25) is 0 Å². The number of nitrogens with two attached hydrogens (primary N) is 1. The van der Waals surface area contributed by atoms with Crippen LogP contribution in [-0.4, -0.2) is 13.7 Å². The molecule has 0 radical (unpaired) electrons. The van der Waals surface area contributed by atoms with Crippen LogP contribution in [0, 0.1) is 5.82 Å². The van der Waals surface area contributed by atoms with Crippen LogP contribution >= 0.6 is 0 Å². The first-order chi connectivity index (χ1) is 10.2. The summed E-state index contributed by atoms with van der Waals surface area (Å²) in [6, 6.07) is 13.4. The van der Waals surface area contributed by atoms with E-state index in [0.29, 0.717) is 12.1 Å². The van der Waals surface area contributed by atoms with Gasteiger partial charge in [-0.05, 0) is 24.1 Å². The van der Waals surface area contributed by atoms with Gasteiger partial charge in [0.25, 0.3) is 0 Å². The molecule has 1 unspecified atom stereocenters. The van der Waals surface area contributed by atoms with E-state index < -0.39 is 0 Å². The molecule has 2 aromatic carbocycles. The van der Waals surface area contributed by atoms with Crippen molar-refractivity contribution in [1.82, 2.24) is 0 Å². The Morgan fingerprint density at radius 1 is 1.24 bits per heavy atom. The third-order valence-corrected chi connectivity index (χ3v) is 4.01. The highest BCUT2D eigenvalue weighted by Crippen LogP contribution is 2.33. The molecule has 21 heavy (non-hydrogen) atoms. The zero-order valence-corrected chi connectivity index (χ0v) is 12.1. The summed E-state index contributed by atoms with van der Waals surface area (Å²) >= 11 is 0. The van der Waals surface area contributed by atoms with Gasteiger partial charge in [-0.3, -0.25) is 0 Å². The Morgan fingerprint density at radius 3 is 2.86 bits per heavy atom. The lowest BCUT2D eigenvalue weighted by molar-refractivity contribution is 0.384. The van der Waals surface area contributed by atoms with E-state index in [9.17, 15) is 4.39 Å². The Kier molecular flexibility index (Phi) is 3.80. The van der Waals surface area contributed by atoms with Crippen molar-refractivity contribution < 1.29 is 9.13 Å². The smallest absolute Gasteiger partial charge is 0.170 e. The standard InChI is InChI=1S/C17H19FN2O/c1-21-16-8-4-5-12(17(16)18)11-20-10-9-14(19)13-6-2-3-7-15(13)20/h2-8,14H,9-11,19H2,1H3. The molecule has 1 aliphatic rings. The monoisotopic (exact) mass is 286 g/mol. The maximum atomic E-state index is 14.3. The minimum Gasteiger partial charge on any atom is -0.494 e. The van der Waals surface area contributed by atoms with Gasteiger partial charge in [-0.15, -0.1) is 0 Å². The molecule has 1 heterocycles. The molecule has 1 atom stereocenters. The van der Waals surface area contributed by atoms with E-state index in [1.54, 1.807) is 12.1 Å². The minimum atomic E-state index is -0.285. The molecular formula is C17H19FN2O. The van der Waals surface area contributed by atoms with Gasteiger partial charge in [0, 0.05) is 30.4 Å². The first-order valence-corrected chi connectivity index (χ1v) is 7.11. The summed E-state index contributed by atoms with van der Waals surface area (Å²) in [5.41, 5.74) is 9.02. The Bertz CT molecular complexity index is 644. The van der Waals surface area contributed by atoms with E-state index >= 15 is 0 Å². The van der Waals surface area contributed by atoms with Crippen molar-refractivity contribution in [3.8, 4) is 5.75 Å². The third kappa shape index (κ3) is 2.59. The molecule has 2 aromatic rings. The second kappa shape index (κ2) is 5.74. The van der Waals surface area contributed by atoms with Gasteiger partial charge in [-0.25, -0.2) is 4.39 Å². The lowest BCUT2D eigenvalue weighted by atomic mass is 9.96. The summed E-state index contributed by atoms with van der Waals surface area (Å²) in [6.45, 7) is 1.35. The molecule has 110 valence electrons. The van der Waals surface area contributed by atoms with Crippen LogP contribution in [0.4, 0.5) is 10.1 Å². The fourth-order valence-electron chi connectivity index (χ4n) is 2.87. The van der Waals surface area contributed by atoms with Crippen molar-refractivity contribution in [2.75, 3.05) is 18.6 Å². The van der Waals surface area contributed by atoms with Crippen molar-refractivity contribution in [2.24, 2.45) is 5.73 Å². The number of anilines is 1. The van der Waals surface area contributed by atoms with Crippen LogP contribution in [0.3, 0.4) is 0 Å². The summed E-state index contributed by atoms with van der Waals surface area (Å²) in [6.07, 6.45) is 0.878. The molecule has 2 N–H and O–H groups in total. The fraction of sp³-hybridized carbons (Fsp3) is 0.294. The van der Waals surface area contributed by atoms with Crippen LogP contribution < -0.4 is 15.4 Å². The van der Waals surface area contributed by atoms with Gasteiger partial charge in [-0.1, -0.05) is 30.3 Å². The van der Waals surface area contributed by atoms with Crippen LogP contribution in [0.15, 0.2) is 42.5 Å². The molecule has 0 bridgehead atoms. The number of ether oxygens (including phenoxy) is 1. The number of hydrogen-bond donors (Lipinski definition) is 1. The van der Waals surface area contributed by atoms with Gasteiger partial charge in [0.15, 0.2) is 11.6 Å². The molecule has 1 aliphatic heterocycles. The normalized spacial score (nSPS) is 17.5. The molecule has 0 fully saturated rings. The van der Waals surface area contributed by atoms with Crippen molar-refractivity contribution in [1.29, 1.82) is 0 Å². The van der Waals surface area contributed by atoms with Gasteiger partial charge >= 0.3 is 0 Å². The zero-order chi connectivity index (χ0) is 14.8. The number of methoxy groups -OCH3 is 1. The number of rotatable bonds is 3. The Hall–Kier alpha value is -2.07. The summed E-state index contributed by atoms with van der Waals surface area (Å²) in [7, 11) is 1.48. The van der Waals surface area contributed by atoms with Crippen molar-refractivity contribution in [3.05, 3.63) is 59.4 Å². The summed E-state index contributed by atoms with van der Waals surface area (Å²) < 4.78 is 19.4. The largest absolute Gasteiger partial charge is 0.494 e. The average molecular weight is 286 g/mol. The molecular weight excluding hydrogens is 267 g/mol. The molecule has 3 nitrogen and oxygen atoms in total. The molecule has 3 rings (SSSR count). The van der Waals surface area contributed by atoms with E-state index in [-0.39, 0.29) is 17.6 Å². The van der Waals surface area contributed by atoms with E-state index in [4.69, 9.17) is 10.5 Å².